The summed E-state index contributed by atoms with van der Waals surface area (Å²) in [5.41, 5.74) is 9.33. The zero-order valence-corrected chi connectivity index (χ0v) is 13.2. The SMILES string of the molecule is Cc1ccnc(C=CCCNC(=O)OCc2ccccc2)c1N. The number of alkyl carbamates (subject to hydrolysis) is 1. The molecule has 0 aliphatic rings. The lowest BCUT2D eigenvalue weighted by atomic mass is 10.2. The highest BCUT2D eigenvalue weighted by molar-refractivity contribution is 5.67. The number of nitrogens with zero attached hydrogens (tertiary/aromatic N) is 1. The van der Waals surface area contributed by atoms with Crippen LogP contribution in [-0.4, -0.2) is 17.6 Å². The highest BCUT2D eigenvalue weighted by Gasteiger charge is 2.01. The second-order valence-electron chi connectivity index (χ2n) is 5.11. The molecule has 1 aromatic heterocycles. The maximum atomic E-state index is 11.6. The Morgan fingerprint density at radius 2 is 2.09 bits per heavy atom. The Labute approximate surface area is 136 Å². The van der Waals surface area contributed by atoms with E-state index in [1.54, 1.807) is 6.20 Å². The molecule has 23 heavy (non-hydrogen) atoms. The van der Waals surface area contributed by atoms with Gasteiger partial charge in [-0.25, -0.2) is 4.79 Å². The number of anilines is 1. The van der Waals surface area contributed by atoms with E-state index in [0.29, 0.717) is 18.7 Å². The van der Waals surface area contributed by atoms with Crippen molar-refractivity contribution in [3.8, 4) is 0 Å². The van der Waals surface area contributed by atoms with E-state index < -0.39 is 6.09 Å². The first-order chi connectivity index (χ1) is 11.2. The van der Waals surface area contributed by atoms with Gasteiger partial charge in [0.2, 0.25) is 0 Å². The summed E-state index contributed by atoms with van der Waals surface area (Å²) in [5, 5.41) is 2.70. The Morgan fingerprint density at radius 3 is 2.87 bits per heavy atom. The van der Waals surface area contributed by atoms with Crippen LogP contribution in [0.4, 0.5) is 10.5 Å². The number of nitrogen functional groups attached to an aromatic ring is 1. The summed E-state index contributed by atoms with van der Waals surface area (Å²) in [4.78, 5) is 15.8. The molecule has 0 aliphatic heterocycles. The number of pyridine rings is 1. The van der Waals surface area contributed by atoms with Crippen LogP contribution >= 0.6 is 0 Å². The quantitative estimate of drug-likeness (QED) is 0.802. The van der Waals surface area contributed by atoms with E-state index in [9.17, 15) is 4.79 Å². The number of carbonyl (C=O) groups excluding carboxylic acids is 1. The molecular formula is C18H21N3O2. The highest BCUT2D eigenvalue weighted by atomic mass is 16.5. The molecule has 1 heterocycles. The second-order valence-corrected chi connectivity index (χ2v) is 5.11. The van der Waals surface area contributed by atoms with Gasteiger partial charge >= 0.3 is 6.09 Å². The van der Waals surface area contributed by atoms with Gasteiger partial charge in [-0.05, 0) is 36.6 Å². The van der Waals surface area contributed by atoms with Crippen molar-refractivity contribution in [1.29, 1.82) is 0 Å². The minimum Gasteiger partial charge on any atom is -0.445 e. The number of hydrogen-bond donors (Lipinski definition) is 2. The average Bonchev–Trinajstić information content (AvgIpc) is 2.57. The number of hydrogen-bond acceptors (Lipinski definition) is 4. The smallest absolute Gasteiger partial charge is 0.407 e. The number of aryl methyl sites for hydroxylation is 1. The lowest BCUT2D eigenvalue weighted by Crippen LogP contribution is -2.24. The van der Waals surface area contributed by atoms with E-state index in [4.69, 9.17) is 10.5 Å². The molecule has 2 rings (SSSR count). The van der Waals surface area contributed by atoms with Crippen LogP contribution in [0.1, 0.15) is 23.2 Å². The lowest BCUT2D eigenvalue weighted by Gasteiger charge is -2.06. The molecule has 1 amide bonds. The van der Waals surface area contributed by atoms with Gasteiger partial charge in [-0.3, -0.25) is 4.98 Å². The van der Waals surface area contributed by atoms with Crippen molar-refractivity contribution < 1.29 is 9.53 Å². The van der Waals surface area contributed by atoms with Crippen LogP contribution in [-0.2, 0) is 11.3 Å². The summed E-state index contributed by atoms with van der Waals surface area (Å²) in [7, 11) is 0. The number of nitrogens with one attached hydrogen (secondary N) is 1. The van der Waals surface area contributed by atoms with Crippen LogP contribution < -0.4 is 11.1 Å². The Hall–Kier alpha value is -2.82. The van der Waals surface area contributed by atoms with Crippen molar-refractivity contribution in [2.24, 2.45) is 0 Å². The predicted molar refractivity (Wildman–Crippen MR) is 91.7 cm³/mol. The lowest BCUT2D eigenvalue weighted by molar-refractivity contribution is 0.140. The molecule has 0 saturated heterocycles. The van der Waals surface area contributed by atoms with E-state index >= 15 is 0 Å². The number of amides is 1. The summed E-state index contributed by atoms with van der Waals surface area (Å²) in [6.45, 7) is 2.71. The van der Waals surface area contributed by atoms with Gasteiger partial charge in [0.1, 0.15) is 6.61 Å². The van der Waals surface area contributed by atoms with Crippen LogP contribution in [0.2, 0.25) is 0 Å². The summed E-state index contributed by atoms with van der Waals surface area (Å²) in [6, 6.07) is 11.4. The van der Waals surface area contributed by atoms with Crippen molar-refractivity contribution in [2.45, 2.75) is 20.0 Å². The monoisotopic (exact) mass is 311 g/mol. The first-order valence-electron chi connectivity index (χ1n) is 7.49. The maximum Gasteiger partial charge on any atom is 0.407 e. The minimum atomic E-state index is -0.421. The average molecular weight is 311 g/mol. The number of carbonyl (C=O) groups is 1. The van der Waals surface area contributed by atoms with E-state index in [1.807, 2.05) is 55.5 Å². The Bertz CT molecular complexity index is 669. The minimum absolute atomic E-state index is 0.270. The van der Waals surface area contributed by atoms with Gasteiger partial charge < -0.3 is 15.8 Å². The molecule has 5 nitrogen and oxygen atoms in total. The van der Waals surface area contributed by atoms with Gasteiger partial charge in [-0.2, -0.15) is 0 Å². The molecule has 1 aromatic carbocycles. The fraction of sp³-hybridized carbons (Fsp3) is 0.222. The van der Waals surface area contributed by atoms with Gasteiger partial charge in [0.05, 0.1) is 11.4 Å². The number of ether oxygens (including phenoxy) is 1. The van der Waals surface area contributed by atoms with E-state index in [1.165, 1.54) is 0 Å². The third-order valence-corrected chi connectivity index (χ3v) is 3.31. The number of aromatic nitrogens is 1. The molecule has 0 radical (unpaired) electrons. The number of nitrogens with two attached hydrogens (primary N) is 1. The zero-order chi connectivity index (χ0) is 16.5. The fourth-order valence-electron chi connectivity index (χ4n) is 1.95. The third-order valence-electron chi connectivity index (χ3n) is 3.31. The topological polar surface area (TPSA) is 77.2 Å². The van der Waals surface area contributed by atoms with E-state index in [2.05, 4.69) is 10.3 Å². The molecule has 120 valence electrons. The van der Waals surface area contributed by atoms with Crippen molar-refractivity contribution in [2.75, 3.05) is 12.3 Å². The standard InChI is InChI=1S/C18H21N3O2/c1-14-10-12-20-16(17(14)19)9-5-6-11-21-18(22)23-13-15-7-3-2-4-8-15/h2-5,7-10,12H,6,11,13,19H2,1H3,(H,21,22). The fourth-order valence-corrected chi connectivity index (χ4v) is 1.95. The zero-order valence-electron chi connectivity index (χ0n) is 13.2. The molecule has 0 aliphatic carbocycles. The van der Waals surface area contributed by atoms with Crippen LogP contribution in [0, 0.1) is 6.92 Å². The molecular weight excluding hydrogens is 290 g/mol. The summed E-state index contributed by atoms with van der Waals surface area (Å²) in [6.07, 6.45) is 5.77. The molecule has 0 atom stereocenters. The largest absolute Gasteiger partial charge is 0.445 e. The summed E-state index contributed by atoms with van der Waals surface area (Å²) < 4.78 is 5.12. The van der Waals surface area contributed by atoms with Gasteiger partial charge in [0.25, 0.3) is 0 Å². The Morgan fingerprint density at radius 1 is 1.30 bits per heavy atom. The summed E-state index contributed by atoms with van der Waals surface area (Å²) in [5.74, 6) is 0. The van der Waals surface area contributed by atoms with Crippen molar-refractivity contribution >= 4 is 17.9 Å². The third kappa shape index (κ3) is 5.47. The van der Waals surface area contributed by atoms with Gasteiger partial charge in [-0.15, -0.1) is 0 Å². The van der Waals surface area contributed by atoms with Crippen LogP contribution in [0.3, 0.4) is 0 Å². The van der Waals surface area contributed by atoms with Crippen molar-refractivity contribution in [1.82, 2.24) is 10.3 Å². The molecule has 5 heteroatoms. The Balaban J connectivity index is 1.67. The Kier molecular flexibility index (Phi) is 6.17. The molecule has 0 unspecified atom stereocenters. The molecule has 0 fully saturated rings. The predicted octanol–water partition coefficient (Wildman–Crippen LogP) is 3.30. The molecule has 0 spiro atoms. The molecule has 0 saturated carbocycles. The van der Waals surface area contributed by atoms with Gasteiger partial charge in [-0.1, -0.05) is 36.4 Å². The van der Waals surface area contributed by atoms with Crippen LogP contribution in [0.15, 0.2) is 48.7 Å². The van der Waals surface area contributed by atoms with Crippen molar-refractivity contribution in [3.63, 3.8) is 0 Å². The number of benzene rings is 1. The first kappa shape index (κ1) is 16.5. The van der Waals surface area contributed by atoms with Crippen molar-refractivity contribution in [3.05, 3.63) is 65.5 Å². The van der Waals surface area contributed by atoms with Gasteiger partial charge in [0.15, 0.2) is 0 Å². The normalized spacial score (nSPS) is 10.7. The van der Waals surface area contributed by atoms with Gasteiger partial charge in [0, 0.05) is 12.7 Å². The number of rotatable bonds is 6. The second kappa shape index (κ2) is 8.58. The van der Waals surface area contributed by atoms with E-state index in [-0.39, 0.29) is 6.61 Å². The van der Waals surface area contributed by atoms with Crippen LogP contribution in [0.5, 0.6) is 0 Å². The summed E-state index contributed by atoms with van der Waals surface area (Å²) >= 11 is 0. The first-order valence-corrected chi connectivity index (χ1v) is 7.49. The molecule has 2 aromatic rings. The molecule has 3 N–H and O–H groups in total. The van der Waals surface area contributed by atoms with Crippen LogP contribution in [0.25, 0.3) is 6.08 Å². The molecule has 0 bridgehead atoms. The maximum absolute atomic E-state index is 11.6. The van der Waals surface area contributed by atoms with E-state index in [0.717, 1.165) is 16.8 Å². The highest BCUT2D eigenvalue weighted by Crippen LogP contribution is 2.14.